The normalized spacial score (nSPS) is 11.3. The first-order chi connectivity index (χ1) is 10.5. The fourth-order valence-corrected chi connectivity index (χ4v) is 2.81. The van der Waals surface area contributed by atoms with E-state index in [0.29, 0.717) is 16.5 Å². The van der Waals surface area contributed by atoms with Crippen LogP contribution < -0.4 is 5.32 Å². The Kier molecular flexibility index (Phi) is 3.89. The van der Waals surface area contributed by atoms with E-state index >= 15 is 0 Å². The molecule has 7 heteroatoms. The number of nitrogens with zero attached hydrogens (tertiary/aromatic N) is 4. The lowest BCUT2D eigenvalue weighted by Crippen LogP contribution is -2.22. The Morgan fingerprint density at radius 2 is 2.00 bits per heavy atom. The summed E-state index contributed by atoms with van der Waals surface area (Å²) in [5, 5.41) is 15.7. The first-order valence-electron chi connectivity index (χ1n) is 7.10. The van der Waals surface area contributed by atoms with Crippen molar-refractivity contribution in [3.05, 3.63) is 46.2 Å². The zero-order chi connectivity index (χ0) is 15.7. The van der Waals surface area contributed by atoms with Gasteiger partial charge in [-0.3, -0.25) is 4.79 Å². The molecule has 1 N–H and O–H groups in total. The van der Waals surface area contributed by atoms with E-state index in [1.807, 2.05) is 45.0 Å². The molecule has 0 aliphatic rings. The average molecular weight is 315 g/mol. The van der Waals surface area contributed by atoms with Crippen LogP contribution in [0.5, 0.6) is 0 Å². The Hall–Kier alpha value is -2.28. The number of rotatable bonds is 4. The van der Waals surface area contributed by atoms with Gasteiger partial charge in [-0.2, -0.15) is 4.52 Å². The third-order valence-electron chi connectivity index (χ3n) is 3.30. The highest BCUT2D eigenvalue weighted by Gasteiger charge is 2.18. The number of nitrogens with one attached hydrogen (secondary N) is 1. The number of benzene rings is 1. The summed E-state index contributed by atoms with van der Waals surface area (Å²) in [4.78, 5) is 12.9. The predicted octanol–water partition coefficient (Wildman–Crippen LogP) is 2.55. The largest absolute Gasteiger partial charge is 0.346 e. The molecule has 3 rings (SSSR count). The molecule has 2 heterocycles. The third kappa shape index (κ3) is 2.85. The predicted molar refractivity (Wildman–Crippen MR) is 85.1 cm³/mol. The number of aryl methyl sites for hydroxylation is 1. The molecule has 0 unspecified atom stereocenters. The molecule has 0 aliphatic heterocycles. The summed E-state index contributed by atoms with van der Waals surface area (Å²) in [6.45, 7) is 6.56. The number of hydrogen-bond acceptors (Lipinski definition) is 5. The maximum absolute atomic E-state index is 12.2. The summed E-state index contributed by atoms with van der Waals surface area (Å²) in [5.41, 5.74) is 2.26. The molecule has 0 aliphatic carbocycles. The fourth-order valence-electron chi connectivity index (χ4n) is 2.05. The van der Waals surface area contributed by atoms with Gasteiger partial charge in [-0.05, 0) is 12.5 Å². The van der Waals surface area contributed by atoms with E-state index in [4.69, 9.17) is 0 Å². The van der Waals surface area contributed by atoms with Crippen molar-refractivity contribution in [2.75, 3.05) is 0 Å². The van der Waals surface area contributed by atoms with Crippen LogP contribution in [0.4, 0.5) is 0 Å². The van der Waals surface area contributed by atoms with Crippen LogP contribution in [0.2, 0.25) is 0 Å². The van der Waals surface area contributed by atoms with Gasteiger partial charge in [0.15, 0.2) is 5.82 Å². The van der Waals surface area contributed by atoms with Gasteiger partial charge < -0.3 is 5.32 Å². The molecule has 114 valence electrons. The van der Waals surface area contributed by atoms with Crippen LogP contribution in [0.15, 0.2) is 24.3 Å². The molecule has 0 saturated heterocycles. The minimum Gasteiger partial charge on any atom is -0.346 e. The average Bonchev–Trinajstić information content (AvgIpc) is 3.06. The minimum absolute atomic E-state index is 0.189. The Morgan fingerprint density at radius 1 is 1.27 bits per heavy atom. The maximum Gasteiger partial charge on any atom is 0.282 e. The van der Waals surface area contributed by atoms with Crippen molar-refractivity contribution in [3.63, 3.8) is 0 Å². The lowest BCUT2D eigenvalue weighted by molar-refractivity contribution is 0.0949. The van der Waals surface area contributed by atoms with Crippen LogP contribution in [-0.2, 0) is 6.54 Å². The van der Waals surface area contributed by atoms with Gasteiger partial charge in [0.1, 0.15) is 0 Å². The van der Waals surface area contributed by atoms with Gasteiger partial charge in [0, 0.05) is 12.5 Å². The fraction of sp³-hybridized carbons (Fsp3) is 0.333. The Bertz CT molecular complexity index is 803. The first kappa shape index (κ1) is 14.6. The van der Waals surface area contributed by atoms with Crippen molar-refractivity contribution >= 4 is 22.2 Å². The smallest absolute Gasteiger partial charge is 0.282 e. The van der Waals surface area contributed by atoms with Crippen molar-refractivity contribution in [1.82, 2.24) is 25.1 Å². The molecule has 0 radical (unpaired) electrons. The van der Waals surface area contributed by atoms with E-state index in [1.165, 1.54) is 16.9 Å². The maximum atomic E-state index is 12.2. The van der Waals surface area contributed by atoms with E-state index in [-0.39, 0.29) is 11.8 Å². The van der Waals surface area contributed by atoms with E-state index in [9.17, 15) is 4.79 Å². The van der Waals surface area contributed by atoms with Crippen LogP contribution in [0.25, 0.3) is 4.96 Å². The third-order valence-corrected chi connectivity index (χ3v) is 4.20. The second-order valence-corrected chi connectivity index (χ2v) is 6.44. The van der Waals surface area contributed by atoms with Crippen molar-refractivity contribution in [1.29, 1.82) is 0 Å². The molecule has 2 aromatic heterocycles. The van der Waals surface area contributed by atoms with Gasteiger partial charge in [0.2, 0.25) is 9.97 Å². The SMILES string of the molecule is Cc1ccc(CNC(=O)c2nn3c(C(C)C)nnc3s2)cc1. The van der Waals surface area contributed by atoms with Gasteiger partial charge >= 0.3 is 0 Å². The Balaban J connectivity index is 1.73. The molecule has 3 aromatic rings. The van der Waals surface area contributed by atoms with Crippen molar-refractivity contribution in [2.24, 2.45) is 0 Å². The van der Waals surface area contributed by atoms with Crippen molar-refractivity contribution < 1.29 is 4.79 Å². The number of carbonyl (C=O) groups is 1. The number of amides is 1. The van der Waals surface area contributed by atoms with Crippen molar-refractivity contribution in [3.8, 4) is 0 Å². The topological polar surface area (TPSA) is 72.2 Å². The van der Waals surface area contributed by atoms with Gasteiger partial charge in [0.25, 0.3) is 5.91 Å². The first-order valence-corrected chi connectivity index (χ1v) is 7.92. The lowest BCUT2D eigenvalue weighted by atomic mass is 10.1. The van der Waals surface area contributed by atoms with Crippen LogP contribution in [-0.4, -0.2) is 25.7 Å². The molecule has 0 spiro atoms. The van der Waals surface area contributed by atoms with Crippen LogP contribution >= 0.6 is 11.3 Å². The highest BCUT2D eigenvalue weighted by Crippen LogP contribution is 2.18. The number of carbonyl (C=O) groups excluding carboxylic acids is 1. The second kappa shape index (κ2) is 5.84. The highest BCUT2D eigenvalue weighted by atomic mass is 32.1. The second-order valence-electron chi connectivity index (χ2n) is 5.48. The van der Waals surface area contributed by atoms with E-state index in [1.54, 1.807) is 4.52 Å². The van der Waals surface area contributed by atoms with E-state index in [2.05, 4.69) is 20.6 Å². The van der Waals surface area contributed by atoms with Gasteiger partial charge in [-0.15, -0.1) is 15.3 Å². The lowest BCUT2D eigenvalue weighted by Gasteiger charge is -2.03. The summed E-state index contributed by atoms with van der Waals surface area (Å²) in [6, 6.07) is 8.06. The van der Waals surface area contributed by atoms with Crippen LogP contribution in [0, 0.1) is 6.92 Å². The van der Waals surface area contributed by atoms with Gasteiger partial charge in [-0.25, -0.2) is 0 Å². The minimum atomic E-state index is -0.189. The molecule has 1 aromatic carbocycles. The number of hydrogen-bond donors (Lipinski definition) is 1. The molecule has 0 saturated carbocycles. The molecule has 0 atom stereocenters. The standard InChI is InChI=1S/C15H17N5OS/c1-9(2)12-17-18-15-20(12)19-14(22-15)13(21)16-8-11-6-4-10(3)5-7-11/h4-7,9H,8H2,1-3H3,(H,16,21). The Morgan fingerprint density at radius 3 is 2.68 bits per heavy atom. The molecular weight excluding hydrogens is 298 g/mol. The number of aromatic nitrogens is 4. The molecule has 0 fully saturated rings. The zero-order valence-electron chi connectivity index (χ0n) is 12.7. The summed E-state index contributed by atoms with van der Waals surface area (Å²) in [7, 11) is 0. The summed E-state index contributed by atoms with van der Waals surface area (Å²) < 4.78 is 1.65. The van der Waals surface area contributed by atoms with E-state index < -0.39 is 0 Å². The van der Waals surface area contributed by atoms with Gasteiger partial charge in [-0.1, -0.05) is 55.0 Å². The van der Waals surface area contributed by atoms with Crippen LogP contribution in [0.1, 0.15) is 46.5 Å². The number of fused-ring (bicyclic) bond motifs is 1. The van der Waals surface area contributed by atoms with Crippen LogP contribution in [0.3, 0.4) is 0 Å². The molecule has 0 bridgehead atoms. The summed E-state index contributed by atoms with van der Waals surface area (Å²) >= 11 is 1.25. The monoisotopic (exact) mass is 315 g/mol. The van der Waals surface area contributed by atoms with Crippen molar-refractivity contribution in [2.45, 2.75) is 33.2 Å². The molecule has 1 amide bonds. The molecular formula is C15H17N5OS. The summed E-state index contributed by atoms with van der Waals surface area (Å²) in [5.74, 6) is 0.787. The molecule has 6 nitrogen and oxygen atoms in total. The quantitative estimate of drug-likeness (QED) is 0.803. The Labute approximate surface area is 132 Å². The van der Waals surface area contributed by atoms with Gasteiger partial charge in [0.05, 0.1) is 0 Å². The molecule has 22 heavy (non-hydrogen) atoms. The highest BCUT2D eigenvalue weighted by molar-refractivity contribution is 7.18. The van der Waals surface area contributed by atoms with E-state index in [0.717, 1.165) is 11.4 Å². The zero-order valence-corrected chi connectivity index (χ0v) is 13.5. The summed E-state index contributed by atoms with van der Waals surface area (Å²) in [6.07, 6.45) is 0.